The van der Waals surface area contributed by atoms with Gasteiger partial charge in [0.25, 0.3) is 8.32 Å². The third-order valence-electron chi connectivity index (χ3n) is 5.35. The van der Waals surface area contributed by atoms with Crippen LogP contribution in [0, 0.1) is 0 Å². The van der Waals surface area contributed by atoms with E-state index in [1.54, 1.807) is 6.26 Å². The summed E-state index contributed by atoms with van der Waals surface area (Å²) >= 11 is 0. The quantitative estimate of drug-likeness (QED) is 0.699. The number of hydrogen-bond acceptors (Lipinski definition) is 2. The molecule has 1 aromatic heterocycles. The maximum Gasteiger partial charge on any atom is 0.250 e. The SMILES string of the molecule is CC(C)(C)[Si](C)(C)Oc1cocc1[Si](C)(C)C(C)(C)C. The summed E-state index contributed by atoms with van der Waals surface area (Å²) in [6.45, 7) is 23.1. The van der Waals surface area contributed by atoms with Crippen molar-refractivity contribution in [3.63, 3.8) is 0 Å². The fourth-order valence-electron chi connectivity index (χ4n) is 1.65. The van der Waals surface area contributed by atoms with Gasteiger partial charge in [-0.1, -0.05) is 54.6 Å². The van der Waals surface area contributed by atoms with Crippen LogP contribution in [0.4, 0.5) is 0 Å². The molecule has 0 fully saturated rings. The van der Waals surface area contributed by atoms with Crippen LogP contribution in [0.2, 0.25) is 36.3 Å². The van der Waals surface area contributed by atoms with Crippen LogP contribution in [0.25, 0.3) is 0 Å². The van der Waals surface area contributed by atoms with Gasteiger partial charge in [0.15, 0.2) is 0 Å². The molecule has 0 aliphatic heterocycles. The van der Waals surface area contributed by atoms with Gasteiger partial charge in [-0.25, -0.2) is 0 Å². The van der Waals surface area contributed by atoms with E-state index in [0.717, 1.165) is 5.75 Å². The zero-order valence-electron chi connectivity index (χ0n) is 15.0. The third-order valence-corrected chi connectivity index (χ3v) is 15.1. The molecule has 20 heavy (non-hydrogen) atoms. The Bertz CT molecular complexity index is 460. The van der Waals surface area contributed by atoms with Crippen molar-refractivity contribution >= 4 is 21.6 Å². The van der Waals surface area contributed by atoms with Crippen LogP contribution < -0.4 is 9.61 Å². The van der Waals surface area contributed by atoms with Gasteiger partial charge in [0.1, 0.15) is 12.0 Å². The van der Waals surface area contributed by atoms with E-state index in [2.05, 4.69) is 67.7 Å². The topological polar surface area (TPSA) is 22.4 Å². The molecule has 0 saturated carbocycles. The first kappa shape index (κ1) is 17.6. The lowest BCUT2D eigenvalue weighted by Crippen LogP contribution is -2.51. The Balaban J connectivity index is 3.18. The van der Waals surface area contributed by atoms with Crippen LogP contribution in [0.3, 0.4) is 0 Å². The van der Waals surface area contributed by atoms with E-state index >= 15 is 0 Å². The molecule has 1 heterocycles. The number of furan rings is 1. The summed E-state index contributed by atoms with van der Waals surface area (Å²) in [6.07, 6.45) is 3.72. The molecule has 116 valence electrons. The Morgan fingerprint density at radius 1 is 0.850 bits per heavy atom. The van der Waals surface area contributed by atoms with E-state index in [4.69, 9.17) is 8.84 Å². The molecule has 2 nitrogen and oxygen atoms in total. The summed E-state index contributed by atoms with van der Waals surface area (Å²) in [5.41, 5.74) is 0. The van der Waals surface area contributed by atoms with Crippen LogP contribution in [-0.4, -0.2) is 16.4 Å². The predicted octanol–water partition coefficient (Wildman–Crippen LogP) is 5.38. The van der Waals surface area contributed by atoms with Gasteiger partial charge in [-0.05, 0) is 23.2 Å². The molecule has 1 rings (SSSR count). The first-order valence-electron chi connectivity index (χ1n) is 7.46. The first-order valence-corrected chi connectivity index (χ1v) is 13.4. The molecule has 0 aliphatic rings. The van der Waals surface area contributed by atoms with Crippen molar-refractivity contribution in [2.45, 2.75) is 77.8 Å². The van der Waals surface area contributed by atoms with Crippen molar-refractivity contribution in [2.24, 2.45) is 0 Å². The molecule has 0 N–H and O–H groups in total. The molecule has 0 atom stereocenters. The smallest absolute Gasteiger partial charge is 0.250 e. The van der Waals surface area contributed by atoms with Gasteiger partial charge in [0.2, 0.25) is 0 Å². The summed E-state index contributed by atoms with van der Waals surface area (Å²) in [7, 11) is -3.45. The van der Waals surface area contributed by atoms with Crippen LogP contribution in [-0.2, 0) is 0 Å². The van der Waals surface area contributed by atoms with E-state index < -0.39 is 16.4 Å². The largest absolute Gasteiger partial charge is 0.541 e. The summed E-state index contributed by atoms with van der Waals surface area (Å²) in [4.78, 5) is 0. The van der Waals surface area contributed by atoms with Crippen molar-refractivity contribution in [1.29, 1.82) is 0 Å². The lowest BCUT2D eigenvalue weighted by Gasteiger charge is -2.40. The maximum atomic E-state index is 6.50. The van der Waals surface area contributed by atoms with E-state index in [1.165, 1.54) is 5.19 Å². The van der Waals surface area contributed by atoms with Crippen LogP contribution in [0.1, 0.15) is 41.5 Å². The van der Waals surface area contributed by atoms with Crippen molar-refractivity contribution < 1.29 is 8.84 Å². The maximum absolute atomic E-state index is 6.50. The van der Waals surface area contributed by atoms with E-state index in [1.807, 2.05) is 6.26 Å². The zero-order chi connectivity index (χ0) is 16.0. The molecular weight excluding hydrogens is 280 g/mol. The summed E-state index contributed by atoms with van der Waals surface area (Å²) < 4.78 is 12.0. The molecule has 0 aromatic carbocycles. The van der Waals surface area contributed by atoms with Gasteiger partial charge < -0.3 is 8.84 Å². The van der Waals surface area contributed by atoms with Gasteiger partial charge in [-0.2, -0.15) is 0 Å². The van der Waals surface area contributed by atoms with Gasteiger partial charge in [0.05, 0.1) is 14.3 Å². The zero-order valence-corrected chi connectivity index (χ0v) is 17.0. The highest BCUT2D eigenvalue weighted by molar-refractivity contribution is 6.92. The Kier molecular flexibility index (Phi) is 4.44. The molecule has 0 radical (unpaired) electrons. The normalized spacial score (nSPS) is 14.5. The summed E-state index contributed by atoms with van der Waals surface area (Å²) in [5, 5.41) is 1.80. The lowest BCUT2D eigenvalue weighted by atomic mass is 10.2. The Labute approximate surface area is 127 Å². The first-order chi connectivity index (χ1) is 8.70. The van der Waals surface area contributed by atoms with Gasteiger partial charge in [-0.3, -0.25) is 0 Å². The monoisotopic (exact) mass is 312 g/mol. The fraction of sp³-hybridized carbons (Fsp3) is 0.750. The predicted molar refractivity (Wildman–Crippen MR) is 93.4 cm³/mol. The Morgan fingerprint density at radius 2 is 1.35 bits per heavy atom. The van der Waals surface area contributed by atoms with E-state index in [-0.39, 0.29) is 10.1 Å². The Morgan fingerprint density at radius 3 is 1.75 bits per heavy atom. The molecule has 0 spiro atoms. The summed E-state index contributed by atoms with van der Waals surface area (Å²) in [6, 6.07) is 0. The van der Waals surface area contributed by atoms with E-state index in [9.17, 15) is 0 Å². The second kappa shape index (κ2) is 5.06. The highest BCUT2D eigenvalue weighted by atomic mass is 28.4. The molecule has 0 amide bonds. The molecular formula is C16H32O2Si2. The van der Waals surface area contributed by atoms with Crippen molar-refractivity contribution in [2.75, 3.05) is 0 Å². The highest BCUT2D eigenvalue weighted by Gasteiger charge is 2.43. The Hall–Kier alpha value is -0.486. The average molecular weight is 313 g/mol. The van der Waals surface area contributed by atoms with E-state index in [0.29, 0.717) is 0 Å². The molecule has 1 aromatic rings. The third kappa shape index (κ3) is 3.22. The van der Waals surface area contributed by atoms with Crippen molar-refractivity contribution in [1.82, 2.24) is 0 Å². The average Bonchev–Trinajstić information content (AvgIpc) is 2.61. The summed E-state index contributed by atoms with van der Waals surface area (Å²) in [5.74, 6) is 0.989. The van der Waals surface area contributed by atoms with Crippen LogP contribution in [0.15, 0.2) is 16.9 Å². The lowest BCUT2D eigenvalue weighted by molar-refractivity contribution is 0.478. The van der Waals surface area contributed by atoms with Gasteiger partial charge in [0, 0.05) is 5.19 Å². The molecule has 0 unspecified atom stereocenters. The minimum atomic E-state index is -1.82. The van der Waals surface area contributed by atoms with Crippen molar-refractivity contribution in [3.05, 3.63) is 12.5 Å². The highest BCUT2D eigenvalue weighted by Crippen LogP contribution is 2.40. The standard InChI is InChI=1S/C16H32O2Si2/c1-15(2,3)19(7,8)14-12-17-11-13(14)18-20(9,10)16(4,5)6/h11-12H,1-10H3. The molecule has 0 bridgehead atoms. The minimum Gasteiger partial charge on any atom is -0.541 e. The second-order valence-electron chi connectivity index (χ2n) is 8.89. The molecule has 4 heteroatoms. The fourth-order valence-corrected chi connectivity index (χ4v) is 4.66. The van der Waals surface area contributed by atoms with Crippen molar-refractivity contribution in [3.8, 4) is 5.75 Å². The van der Waals surface area contributed by atoms with Crippen LogP contribution in [0.5, 0.6) is 5.75 Å². The van der Waals surface area contributed by atoms with Gasteiger partial charge >= 0.3 is 0 Å². The minimum absolute atomic E-state index is 0.203. The second-order valence-corrected chi connectivity index (χ2v) is 18.9. The van der Waals surface area contributed by atoms with Gasteiger partial charge in [-0.15, -0.1) is 0 Å². The molecule has 0 aliphatic carbocycles. The number of rotatable bonds is 3. The molecule has 0 saturated heterocycles. The number of hydrogen-bond donors (Lipinski definition) is 0. The van der Waals surface area contributed by atoms with Crippen LogP contribution >= 0.6 is 0 Å².